The number of hydrogen-bond acceptors (Lipinski definition) is 4. The molecular weight excluding hydrogens is 290 g/mol. The predicted molar refractivity (Wildman–Crippen MR) is 94.6 cm³/mol. The molecule has 130 valence electrons. The molecule has 0 aliphatic heterocycles. The van der Waals surface area contributed by atoms with Gasteiger partial charge in [0.25, 0.3) is 0 Å². The van der Waals surface area contributed by atoms with Gasteiger partial charge in [0.05, 0.1) is 18.9 Å². The minimum atomic E-state index is -0.189. The van der Waals surface area contributed by atoms with Crippen molar-refractivity contribution in [3.63, 3.8) is 0 Å². The summed E-state index contributed by atoms with van der Waals surface area (Å²) in [6.45, 7) is 9.48. The van der Waals surface area contributed by atoms with Crippen molar-refractivity contribution >= 4 is 6.21 Å². The third-order valence-corrected chi connectivity index (χ3v) is 4.14. The number of nitrogens with zero attached hydrogens (tertiary/aromatic N) is 1. The van der Waals surface area contributed by atoms with Crippen LogP contribution in [0.1, 0.15) is 46.1 Å². The molecule has 1 aromatic carbocycles. The third kappa shape index (κ3) is 7.51. The molecule has 0 fully saturated rings. The van der Waals surface area contributed by atoms with E-state index in [9.17, 15) is 0 Å². The molecular formula is C19H31NO3. The Morgan fingerprint density at radius 2 is 1.74 bits per heavy atom. The zero-order valence-corrected chi connectivity index (χ0v) is 14.9. The second kappa shape index (κ2) is 11.1. The van der Waals surface area contributed by atoms with Crippen LogP contribution in [0.5, 0.6) is 5.75 Å². The van der Waals surface area contributed by atoms with Gasteiger partial charge < -0.3 is 14.7 Å². The number of oxime groups is 1. The Hall–Kier alpha value is -1.55. The number of hydrogen-bond donors (Lipinski definition) is 1. The molecule has 0 aliphatic carbocycles. The van der Waals surface area contributed by atoms with Crippen molar-refractivity contribution in [3.05, 3.63) is 29.8 Å². The van der Waals surface area contributed by atoms with Gasteiger partial charge in [0.2, 0.25) is 0 Å². The van der Waals surface area contributed by atoms with Crippen LogP contribution in [0.25, 0.3) is 0 Å². The largest absolute Gasteiger partial charge is 0.491 e. The average Bonchev–Trinajstić information content (AvgIpc) is 2.56. The van der Waals surface area contributed by atoms with E-state index >= 15 is 0 Å². The second-order valence-electron chi connectivity index (χ2n) is 6.22. The van der Waals surface area contributed by atoms with E-state index in [0.717, 1.165) is 18.1 Å². The summed E-state index contributed by atoms with van der Waals surface area (Å²) in [5.74, 6) is 1.88. The summed E-state index contributed by atoms with van der Waals surface area (Å²) in [6.07, 6.45) is 4.80. The molecule has 1 rings (SSSR count). The van der Waals surface area contributed by atoms with Gasteiger partial charge in [0.15, 0.2) is 0 Å². The summed E-state index contributed by atoms with van der Waals surface area (Å²) in [4.78, 5) is 0. The molecule has 0 heterocycles. The standard InChI is InChI=1S/C19H31NO3/c1-5-16(6-2)13-17-7-9-18(10-8-17)22-11-12-23-19(14-20-21)15(3)4/h7-10,14-16,19,21H,5-6,11-13H2,1-4H3. The monoisotopic (exact) mass is 321 g/mol. The molecule has 0 amide bonds. The maximum atomic E-state index is 8.60. The number of rotatable bonds is 11. The minimum Gasteiger partial charge on any atom is -0.491 e. The van der Waals surface area contributed by atoms with Gasteiger partial charge in [-0.05, 0) is 36.0 Å². The highest BCUT2D eigenvalue weighted by Gasteiger charge is 2.11. The Kier molecular flexibility index (Phi) is 9.37. The van der Waals surface area contributed by atoms with Crippen LogP contribution in [0.3, 0.4) is 0 Å². The Bertz CT molecular complexity index is 438. The molecule has 0 saturated heterocycles. The minimum absolute atomic E-state index is 0.189. The SMILES string of the molecule is CCC(CC)Cc1ccc(OCCOC(C=NO)C(C)C)cc1. The van der Waals surface area contributed by atoms with E-state index in [4.69, 9.17) is 14.7 Å². The normalized spacial score (nSPS) is 13.1. The predicted octanol–water partition coefficient (Wildman–Crippen LogP) is 4.55. The van der Waals surface area contributed by atoms with Crippen LogP contribution in [0.4, 0.5) is 0 Å². The van der Waals surface area contributed by atoms with Crippen LogP contribution in [0.15, 0.2) is 29.4 Å². The van der Waals surface area contributed by atoms with Crippen LogP contribution in [-0.4, -0.2) is 30.7 Å². The first-order valence-electron chi connectivity index (χ1n) is 8.61. The molecule has 0 bridgehead atoms. The lowest BCUT2D eigenvalue weighted by molar-refractivity contribution is 0.0484. The van der Waals surface area contributed by atoms with Crippen molar-refractivity contribution in [2.75, 3.05) is 13.2 Å². The highest BCUT2D eigenvalue weighted by atomic mass is 16.5. The quantitative estimate of drug-likeness (QED) is 0.282. The Balaban J connectivity index is 2.35. The molecule has 0 radical (unpaired) electrons. The molecule has 1 unspecified atom stereocenters. The van der Waals surface area contributed by atoms with E-state index in [1.165, 1.54) is 24.6 Å². The van der Waals surface area contributed by atoms with Gasteiger partial charge in [-0.15, -0.1) is 0 Å². The molecule has 0 aromatic heterocycles. The lowest BCUT2D eigenvalue weighted by Gasteiger charge is -2.17. The topological polar surface area (TPSA) is 51.0 Å². The summed E-state index contributed by atoms with van der Waals surface area (Å²) in [6, 6.07) is 8.33. The van der Waals surface area contributed by atoms with E-state index < -0.39 is 0 Å². The van der Waals surface area contributed by atoms with Crippen LogP contribution >= 0.6 is 0 Å². The second-order valence-corrected chi connectivity index (χ2v) is 6.22. The van der Waals surface area contributed by atoms with Crippen molar-refractivity contribution in [1.82, 2.24) is 0 Å². The van der Waals surface area contributed by atoms with Crippen LogP contribution in [0.2, 0.25) is 0 Å². The lowest BCUT2D eigenvalue weighted by atomic mass is 9.95. The van der Waals surface area contributed by atoms with E-state index in [2.05, 4.69) is 31.1 Å². The van der Waals surface area contributed by atoms with Crippen LogP contribution < -0.4 is 4.74 Å². The molecule has 23 heavy (non-hydrogen) atoms. The Morgan fingerprint density at radius 1 is 1.09 bits per heavy atom. The highest BCUT2D eigenvalue weighted by molar-refractivity contribution is 5.62. The zero-order valence-electron chi connectivity index (χ0n) is 14.9. The summed E-state index contributed by atoms with van der Waals surface area (Å²) in [7, 11) is 0. The highest BCUT2D eigenvalue weighted by Crippen LogP contribution is 2.18. The van der Waals surface area contributed by atoms with Crippen molar-refractivity contribution in [2.24, 2.45) is 17.0 Å². The van der Waals surface area contributed by atoms with E-state index in [1.807, 2.05) is 26.0 Å². The van der Waals surface area contributed by atoms with Gasteiger partial charge in [-0.2, -0.15) is 0 Å². The first kappa shape index (κ1) is 19.5. The molecule has 0 saturated carbocycles. The first-order chi connectivity index (χ1) is 11.1. The van der Waals surface area contributed by atoms with Gasteiger partial charge >= 0.3 is 0 Å². The summed E-state index contributed by atoms with van der Waals surface area (Å²) in [5.41, 5.74) is 1.36. The fourth-order valence-electron chi connectivity index (χ4n) is 2.45. The molecule has 1 atom stereocenters. The fraction of sp³-hybridized carbons (Fsp3) is 0.632. The average molecular weight is 321 g/mol. The molecule has 4 heteroatoms. The third-order valence-electron chi connectivity index (χ3n) is 4.14. The molecule has 1 N–H and O–H groups in total. The maximum Gasteiger partial charge on any atom is 0.119 e. The van der Waals surface area contributed by atoms with Gasteiger partial charge in [0.1, 0.15) is 12.4 Å². The van der Waals surface area contributed by atoms with Gasteiger partial charge in [-0.25, -0.2) is 0 Å². The van der Waals surface area contributed by atoms with Gasteiger partial charge in [-0.3, -0.25) is 0 Å². The summed E-state index contributed by atoms with van der Waals surface area (Å²) >= 11 is 0. The summed E-state index contributed by atoms with van der Waals surface area (Å²) in [5, 5.41) is 11.7. The smallest absolute Gasteiger partial charge is 0.119 e. The van der Waals surface area contributed by atoms with Crippen LogP contribution in [-0.2, 0) is 11.2 Å². The van der Waals surface area contributed by atoms with Crippen LogP contribution in [0, 0.1) is 11.8 Å². The summed E-state index contributed by atoms with van der Waals surface area (Å²) < 4.78 is 11.3. The van der Waals surface area contributed by atoms with Crippen molar-refractivity contribution in [1.29, 1.82) is 0 Å². The molecule has 4 nitrogen and oxygen atoms in total. The fourth-order valence-corrected chi connectivity index (χ4v) is 2.45. The maximum absolute atomic E-state index is 8.60. The molecule has 0 spiro atoms. The van der Waals surface area contributed by atoms with Crippen molar-refractivity contribution in [2.45, 2.75) is 53.1 Å². The van der Waals surface area contributed by atoms with E-state index in [-0.39, 0.29) is 12.0 Å². The zero-order chi connectivity index (χ0) is 17.1. The van der Waals surface area contributed by atoms with Gasteiger partial charge in [-0.1, -0.05) is 57.8 Å². The molecule has 0 aliphatic rings. The Labute approximate surface area is 140 Å². The van der Waals surface area contributed by atoms with E-state index in [0.29, 0.717) is 13.2 Å². The number of ether oxygens (including phenoxy) is 2. The Morgan fingerprint density at radius 3 is 2.26 bits per heavy atom. The number of benzene rings is 1. The van der Waals surface area contributed by atoms with Crippen molar-refractivity contribution < 1.29 is 14.7 Å². The van der Waals surface area contributed by atoms with Crippen molar-refractivity contribution in [3.8, 4) is 5.75 Å². The lowest BCUT2D eigenvalue weighted by Crippen LogP contribution is -2.24. The van der Waals surface area contributed by atoms with Gasteiger partial charge in [0, 0.05) is 0 Å². The first-order valence-corrected chi connectivity index (χ1v) is 8.61. The molecule has 1 aromatic rings. The van der Waals surface area contributed by atoms with E-state index in [1.54, 1.807) is 0 Å².